The Balaban J connectivity index is 2.14. The molecule has 10 heteroatoms. The number of ether oxygens (including phenoxy) is 3. The zero-order valence-corrected chi connectivity index (χ0v) is 13.3. The van der Waals surface area contributed by atoms with Gasteiger partial charge >= 0.3 is 0 Å². The maximum Gasteiger partial charge on any atom is 0.184 e. The molecular formula is C14H26O10. The van der Waals surface area contributed by atoms with Gasteiger partial charge in [-0.25, -0.2) is 0 Å². The second-order valence-corrected chi connectivity index (χ2v) is 6.21. The van der Waals surface area contributed by atoms with Crippen LogP contribution in [-0.4, -0.2) is 111 Å². The Morgan fingerprint density at radius 3 is 1.79 bits per heavy atom. The predicted molar refractivity (Wildman–Crippen MR) is 76.6 cm³/mol. The van der Waals surface area contributed by atoms with E-state index in [1.165, 1.54) is 7.11 Å². The predicted octanol–water partition coefficient (Wildman–Crippen LogP) is -4.08. The molecule has 2 aliphatic rings. The Morgan fingerprint density at radius 1 is 0.708 bits per heavy atom. The summed E-state index contributed by atoms with van der Waals surface area (Å²) >= 11 is 0. The van der Waals surface area contributed by atoms with E-state index in [9.17, 15) is 35.7 Å². The van der Waals surface area contributed by atoms with Gasteiger partial charge in [0.05, 0.1) is 25.4 Å². The Labute approximate surface area is 138 Å². The van der Waals surface area contributed by atoms with Crippen molar-refractivity contribution in [2.75, 3.05) is 20.3 Å². The van der Waals surface area contributed by atoms with E-state index in [1.54, 1.807) is 0 Å². The summed E-state index contributed by atoms with van der Waals surface area (Å²) in [5.41, 5.74) is 0. The largest absolute Gasteiger partial charge is 0.394 e. The fraction of sp³-hybridized carbons (Fsp3) is 1.00. The van der Waals surface area contributed by atoms with Crippen molar-refractivity contribution in [1.82, 2.24) is 0 Å². The Hall–Kier alpha value is -0.400. The summed E-state index contributed by atoms with van der Waals surface area (Å²) in [6, 6.07) is 0. The van der Waals surface area contributed by atoms with Crippen molar-refractivity contribution in [1.29, 1.82) is 0 Å². The standard InChI is InChI=1S/C14H26O10/c1-22-14-10(18)5(9(17)7(3-15)24-14)2-6-11(19)13(21)12(20)8(4-16)23-6/h5-21H,2-4H2,1H3/t5-,6-,7+,8+,9+,10+,11-,12+,13+,14+/m0/s1. The number of hydrogen-bond acceptors (Lipinski definition) is 10. The summed E-state index contributed by atoms with van der Waals surface area (Å²) < 4.78 is 15.6. The highest BCUT2D eigenvalue weighted by molar-refractivity contribution is 4.96. The molecule has 24 heavy (non-hydrogen) atoms. The van der Waals surface area contributed by atoms with Crippen LogP contribution in [0, 0.1) is 5.92 Å². The van der Waals surface area contributed by atoms with Gasteiger partial charge in [-0.1, -0.05) is 0 Å². The average Bonchev–Trinajstić information content (AvgIpc) is 2.58. The summed E-state index contributed by atoms with van der Waals surface area (Å²) in [6.45, 7) is -1.07. The first-order chi connectivity index (χ1) is 11.3. The van der Waals surface area contributed by atoms with Gasteiger partial charge in [0.2, 0.25) is 0 Å². The SMILES string of the molecule is CO[C@@H]1O[C@H](CO)[C@H](O)[C@H](C[C@@H]2O[C@H](CO)[C@@H](O)[C@H](O)[C@H]2O)[C@H]1O. The van der Waals surface area contributed by atoms with Crippen LogP contribution in [0.1, 0.15) is 6.42 Å². The molecule has 2 saturated heterocycles. The van der Waals surface area contributed by atoms with Crippen LogP contribution in [0.15, 0.2) is 0 Å². The summed E-state index contributed by atoms with van der Waals surface area (Å²) in [5.74, 6) is -0.887. The van der Waals surface area contributed by atoms with E-state index in [0.29, 0.717) is 0 Å². The van der Waals surface area contributed by atoms with Crippen molar-refractivity contribution in [3.05, 3.63) is 0 Å². The number of hydrogen-bond donors (Lipinski definition) is 7. The van der Waals surface area contributed by atoms with Crippen LogP contribution in [0.25, 0.3) is 0 Å². The number of aliphatic hydroxyl groups excluding tert-OH is 7. The summed E-state index contributed by atoms with van der Waals surface area (Å²) in [6.07, 6.45) is -11.3. The molecule has 0 aliphatic carbocycles. The molecule has 0 radical (unpaired) electrons. The highest BCUT2D eigenvalue weighted by Gasteiger charge is 2.49. The second-order valence-electron chi connectivity index (χ2n) is 6.21. The van der Waals surface area contributed by atoms with E-state index in [1.807, 2.05) is 0 Å². The molecule has 2 aliphatic heterocycles. The van der Waals surface area contributed by atoms with Crippen LogP contribution >= 0.6 is 0 Å². The van der Waals surface area contributed by atoms with Gasteiger partial charge in [-0.15, -0.1) is 0 Å². The third-order valence-corrected chi connectivity index (χ3v) is 4.75. The highest BCUT2D eigenvalue weighted by atomic mass is 16.7. The van der Waals surface area contributed by atoms with Crippen molar-refractivity contribution in [2.24, 2.45) is 5.92 Å². The lowest BCUT2D eigenvalue weighted by atomic mass is 9.81. The van der Waals surface area contributed by atoms with Crippen LogP contribution in [0.3, 0.4) is 0 Å². The fourth-order valence-corrected chi connectivity index (χ4v) is 3.28. The molecule has 0 aromatic rings. The highest BCUT2D eigenvalue weighted by Crippen LogP contribution is 2.33. The van der Waals surface area contributed by atoms with Gasteiger partial charge in [-0.3, -0.25) is 0 Å². The zero-order valence-electron chi connectivity index (χ0n) is 13.3. The molecule has 2 rings (SSSR count). The topological polar surface area (TPSA) is 169 Å². The van der Waals surface area contributed by atoms with Gasteiger partial charge in [0.15, 0.2) is 6.29 Å². The monoisotopic (exact) mass is 354 g/mol. The van der Waals surface area contributed by atoms with Gasteiger partial charge in [0.25, 0.3) is 0 Å². The molecule has 0 spiro atoms. The van der Waals surface area contributed by atoms with E-state index in [0.717, 1.165) is 0 Å². The zero-order chi connectivity index (χ0) is 18.0. The molecule has 2 heterocycles. The normalized spacial score (nSPS) is 50.0. The lowest BCUT2D eigenvalue weighted by molar-refractivity contribution is -0.293. The van der Waals surface area contributed by atoms with Gasteiger partial charge in [0.1, 0.15) is 36.6 Å². The summed E-state index contributed by atoms with van der Waals surface area (Å²) in [5, 5.41) is 68.7. The minimum atomic E-state index is -1.54. The summed E-state index contributed by atoms with van der Waals surface area (Å²) in [4.78, 5) is 0. The van der Waals surface area contributed by atoms with Gasteiger partial charge in [-0.05, 0) is 6.42 Å². The second kappa shape index (κ2) is 8.32. The summed E-state index contributed by atoms with van der Waals surface area (Å²) in [7, 11) is 1.30. The van der Waals surface area contributed by atoms with Gasteiger partial charge in [-0.2, -0.15) is 0 Å². The molecule has 0 saturated carbocycles. The van der Waals surface area contributed by atoms with Gasteiger partial charge < -0.3 is 50.0 Å². The van der Waals surface area contributed by atoms with E-state index >= 15 is 0 Å². The van der Waals surface area contributed by atoms with E-state index in [-0.39, 0.29) is 6.42 Å². The first-order valence-electron chi connectivity index (χ1n) is 7.81. The lowest BCUT2D eigenvalue weighted by Crippen LogP contribution is -2.61. The Morgan fingerprint density at radius 2 is 1.25 bits per heavy atom. The third kappa shape index (κ3) is 3.73. The van der Waals surface area contributed by atoms with E-state index in [2.05, 4.69) is 0 Å². The van der Waals surface area contributed by atoms with Crippen LogP contribution in [0.5, 0.6) is 0 Å². The maximum absolute atomic E-state index is 10.3. The molecule has 10 nitrogen and oxygen atoms in total. The molecule has 0 amide bonds. The minimum Gasteiger partial charge on any atom is -0.394 e. The molecule has 0 aromatic heterocycles. The number of aliphatic hydroxyl groups is 7. The van der Waals surface area contributed by atoms with E-state index < -0.39 is 74.3 Å². The van der Waals surface area contributed by atoms with Crippen LogP contribution in [0.2, 0.25) is 0 Å². The quantitative estimate of drug-likeness (QED) is 0.258. The molecular weight excluding hydrogens is 328 g/mol. The molecule has 2 fully saturated rings. The number of rotatable bonds is 5. The van der Waals surface area contributed by atoms with Crippen molar-refractivity contribution >= 4 is 0 Å². The molecule has 142 valence electrons. The van der Waals surface area contributed by atoms with Crippen LogP contribution in [-0.2, 0) is 14.2 Å². The smallest absolute Gasteiger partial charge is 0.184 e. The first kappa shape index (κ1) is 19.9. The van der Waals surface area contributed by atoms with Crippen molar-refractivity contribution in [3.8, 4) is 0 Å². The van der Waals surface area contributed by atoms with Crippen LogP contribution < -0.4 is 0 Å². The number of methoxy groups -OCH3 is 1. The fourth-order valence-electron chi connectivity index (χ4n) is 3.28. The van der Waals surface area contributed by atoms with Gasteiger partial charge in [0, 0.05) is 13.0 Å². The molecule has 0 bridgehead atoms. The Bertz CT molecular complexity index is 378. The van der Waals surface area contributed by atoms with Crippen LogP contribution in [0.4, 0.5) is 0 Å². The van der Waals surface area contributed by atoms with Crippen molar-refractivity contribution in [2.45, 2.75) is 61.5 Å². The van der Waals surface area contributed by atoms with E-state index in [4.69, 9.17) is 14.2 Å². The Kier molecular flexibility index (Phi) is 6.90. The minimum absolute atomic E-state index is 0.108. The maximum atomic E-state index is 10.3. The molecule has 7 N–H and O–H groups in total. The first-order valence-corrected chi connectivity index (χ1v) is 7.81. The van der Waals surface area contributed by atoms with Crippen molar-refractivity contribution in [3.63, 3.8) is 0 Å². The molecule has 10 atom stereocenters. The third-order valence-electron chi connectivity index (χ3n) is 4.75. The average molecular weight is 354 g/mol. The van der Waals surface area contributed by atoms with Crippen molar-refractivity contribution < 1.29 is 50.0 Å². The lowest BCUT2D eigenvalue weighted by Gasteiger charge is -2.45. The molecule has 0 aromatic carbocycles. The molecule has 0 unspecified atom stereocenters.